The van der Waals surface area contributed by atoms with Gasteiger partial charge >= 0.3 is 0 Å². The van der Waals surface area contributed by atoms with Gasteiger partial charge < -0.3 is 57.5 Å². The molecule has 93 heavy (non-hydrogen) atoms. The summed E-state index contributed by atoms with van der Waals surface area (Å²) in [4.78, 5) is 60.4. The molecule has 16 nitrogen and oxygen atoms in total. The summed E-state index contributed by atoms with van der Waals surface area (Å²) in [7, 11) is 0. The van der Waals surface area contributed by atoms with Crippen LogP contribution in [0.15, 0.2) is 0 Å². The van der Waals surface area contributed by atoms with E-state index in [0.29, 0.717) is 138 Å². The van der Waals surface area contributed by atoms with E-state index in [1.165, 1.54) is 12.8 Å². The molecule has 0 rings (SSSR count). The fourth-order valence-corrected chi connectivity index (χ4v) is 15.4. The molecule has 0 aliphatic heterocycles. The average Bonchev–Trinajstić information content (AvgIpc) is 3.53. The van der Waals surface area contributed by atoms with Gasteiger partial charge in [0, 0.05) is 144 Å². The van der Waals surface area contributed by atoms with Crippen molar-refractivity contribution in [3.05, 3.63) is 0 Å². The number of thioether (sulfide) groups is 8. The number of hydrogen-bond acceptors (Lipinski definition) is 20. The molecule has 4 amide bonds. The molecule has 0 fully saturated rings. The molecule has 0 bridgehead atoms. The van der Waals surface area contributed by atoms with E-state index < -0.39 is 0 Å². The number of ether oxygens (including phenoxy) is 8. The zero-order valence-corrected chi connectivity index (χ0v) is 65.9. The van der Waals surface area contributed by atoms with Crippen LogP contribution in [0.25, 0.3) is 0 Å². The van der Waals surface area contributed by atoms with Gasteiger partial charge in [-0.1, -0.05) is 66.7 Å². The minimum absolute atomic E-state index is 0.239. The minimum atomic E-state index is 0.239. The number of carbonyl (C=O) groups excluding carboxylic acids is 4. The molecule has 0 aliphatic rings. The molecule has 24 heteroatoms. The van der Waals surface area contributed by atoms with Crippen molar-refractivity contribution in [2.75, 3.05) is 250 Å². The molecular weight excluding hydrogens is 1330 g/mol. The maximum Gasteiger partial charge on any atom is 0.223 e. The van der Waals surface area contributed by atoms with Crippen LogP contribution >= 0.6 is 94.1 Å². The van der Waals surface area contributed by atoms with E-state index in [-0.39, 0.29) is 23.6 Å². The molecule has 0 aromatic carbocycles. The summed E-state index contributed by atoms with van der Waals surface area (Å²) in [5.74, 6) is 16.3. The lowest BCUT2D eigenvalue weighted by Gasteiger charge is -2.22. The largest absolute Gasteiger partial charge is 0.379 e. The van der Waals surface area contributed by atoms with Gasteiger partial charge in [0.1, 0.15) is 0 Å². The first-order valence-electron chi connectivity index (χ1n) is 36.6. The third kappa shape index (κ3) is 66.7. The zero-order valence-electron chi connectivity index (χ0n) is 60.4. The monoisotopic (exact) mass is 1470 g/mol. The van der Waals surface area contributed by atoms with Gasteiger partial charge in [0.2, 0.25) is 23.6 Å². The Balaban J connectivity index is 3.90. The van der Waals surface area contributed by atoms with Gasteiger partial charge in [-0.25, -0.2) is 0 Å². The third-order valence-electron chi connectivity index (χ3n) is 14.3. The topological polar surface area (TPSA) is 155 Å². The van der Waals surface area contributed by atoms with Gasteiger partial charge in [-0.2, -0.15) is 94.1 Å². The molecule has 0 unspecified atom stereocenters. The van der Waals surface area contributed by atoms with Crippen LogP contribution in [0.3, 0.4) is 0 Å². The molecule has 0 heterocycles. The molecule has 0 aromatic heterocycles. The maximum atomic E-state index is 13.1. The molecule has 0 spiro atoms. The van der Waals surface area contributed by atoms with Crippen molar-refractivity contribution in [2.24, 2.45) is 0 Å². The van der Waals surface area contributed by atoms with E-state index >= 15 is 0 Å². The first-order chi connectivity index (χ1) is 46.3. The van der Waals surface area contributed by atoms with E-state index in [4.69, 9.17) is 39.3 Å². The predicted octanol–water partition coefficient (Wildman–Crippen LogP) is 13.8. The smallest absolute Gasteiger partial charge is 0.223 e. The van der Waals surface area contributed by atoms with Crippen LogP contribution in [-0.2, 0) is 57.1 Å². The van der Waals surface area contributed by atoms with Crippen LogP contribution in [0.5, 0.6) is 0 Å². The molecule has 552 valence electrons. The normalized spacial score (nSPS) is 11.6. The van der Waals surface area contributed by atoms with Crippen molar-refractivity contribution in [2.45, 2.75) is 164 Å². The highest BCUT2D eigenvalue weighted by atomic mass is 32.2. The highest BCUT2D eigenvalue weighted by Gasteiger charge is 2.17. The third-order valence-corrected chi connectivity index (χ3v) is 22.5. The highest BCUT2D eigenvalue weighted by Crippen LogP contribution is 2.16. The molecule has 0 radical (unpaired) electrons. The van der Waals surface area contributed by atoms with E-state index in [9.17, 15) is 19.2 Å². The second-order valence-corrected chi connectivity index (χ2v) is 32.1. The first kappa shape index (κ1) is 91.4. The Labute approximate surface area is 605 Å². The average molecular weight is 1470 g/mol. The Morgan fingerprint density at radius 3 is 0.785 bits per heavy atom. The van der Waals surface area contributed by atoms with Gasteiger partial charge in [0.15, 0.2) is 0 Å². The summed E-state index contributed by atoms with van der Waals surface area (Å²) in [6.45, 7) is 27.8. The van der Waals surface area contributed by atoms with Crippen LogP contribution in [0.4, 0.5) is 0 Å². The Morgan fingerprint density at radius 1 is 0.247 bits per heavy atom. The van der Waals surface area contributed by atoms with Crippen LogP contribution in [-0.4, -0.2) is 293 Å². The molecular formula is C69H136N4O12S8. The number of unbranched alkanes of at least 4 members (excludes halogenated alkanes) is 6. The number of hydrogen-bond donors (Lipinski definition) is 0. The van der Waals surface area contributed by atoms with E-state index in [0.717, 1.165) is 228 Å². The van der Waals surface area contributed by atoms with E-state index in [2.05, 4.69) is 42.4 Å². The summed E-state index contributed by atoms with van der Waals surface area (Å²) < 4.78 is 52.8. The zero-order chi connectivity index (χ0) is 68.4. The van der Waals surface area contributed by atoms with Crippen molar-refractivity contribution < 1.29 is 58.4 Å². The molecule has 0 aromatic rings. The number of nitrogens with zero attached hydrogens (tertiary/aromatic N) is 4. The summed E-state index contributed by atoms with van der Waals surface area (Å²) >= 11 is 14.9. The SMILES string of the molecule is [2H]CCCCSCCOCCOCCSCCC(=O)N(CCCC)CCCSCCOCCOCCSCCC(=O)N(CCCC)CCCSCCOCCOCCSCCC(=O)N(CCCC)CCCSCCCCSCCC(=O)N(CCCC)CCOCCOCC. The number of carbonyl (C=O) groups is 4. The Morgan fingerprint density at radius 2 is 0.484 bits per heavy atom. The Kier molecular flexibility index (Phi) is 76.7. The first-order valence-corrected chi connectivity index (χ1v) is 45.2. The van der Waals surface area contributed by atoms with Gasteiger partial charge in [-0.05, 0) is 106 Å². The summed E-state index contributed by atoms with van der Waals surface area (Å²) in [5.41, 5.74) is 0. The number of rotatable bonds is 78. The van der Waals surface area contributed by atoms with E-state index in [1.54, 1.807) is 35.3 Å². The Bertz CT molecular complexity index is 1630. The fourth-order valence-electron chi connectivity index (χ4n) is 8.82. The quantitative estimate of drug-likeness (QED) is 0.0530. The van der Waals surface area contributed by atoms with Crippen molar-refractivity contribution in [3.63, 3.8) is 0 Å². The highest BCUT2D eigenvalue weighted by molar-refractivity contribution is 8.00. The summed E-state index contributed by atoms with van der Waals surface area (Å²) in [6.07, 6.45) is 18.2. The van der Waals surface area contributed by atoms with Crippen LogP contribution in [0, 0.1) is 0 Å². The van der Waals surface area contributed by atoms with Crippen molar-refractivity contribution >= 4 is 118 Å². The summed E-state index contributed by atoms with van der Waals surface area (Å²) in [6, 6.07) is 0. The second-order valence-electron chi connectivity index (χ2n) is 22.3. The van der Waals surface area contributed by atoms with Crippen LogP contribution < -0.4 is 0 Å². The molecule has 0 N–H and O–H groups in total. The molecule has 0 saturated carbocycles. The molecule has 0 atom stereocenters. The second kappa shape index (κ2) is 78.1. The maximum absolute atomic E-state index is 13.1. The van der Waals surface area contributed by atoms with Gasteiger partial charge in [0.25, 0.3) is 0 Å². The van der Waals surface area contributed by atoms with Gasteiger partial charge in [-0.3, -0.25) is 19.2 Å². The van der Waals surface area contributed by atoms with Gasteiger partial charge in [-0.15, -0.1) is 0 Å². The van der Waals surface area contributed by atoms with Gasteiger partial charge in [0.05, 0.1) is 99.1 Å². The minimum Gasteiger partial charge on any atom is -0.379 e. The number of amides is 4. The van der Waals surface area contributed by atoms with E-state index in [1.807, 2.05) is 70.6 Å². The van der Waals surface area contributed by atoms with Crippen molar-refractivity contribution in [1.29, 1.82) is 0 Å². The fraction of sp³-hybridized carbons (Fsp3) is 0.942. The standard InChI is InChI=1S/C69H136N4O12S8/c1-7-13-27-70(31-20-53-86-51-18-19-52-87-56-23-69(77)73(30-16-10-4)34-35-79-37-36-78-12-6)66(74)24-57-91-64-48-84-42-39-81-45-61-89-55-22-33-72(29-15-9-3)68(76)26-59-93-65-49-85-43-40-82-46-62-90-54-21-32-71(28-14-8-2)67(75)25-58-92-63-47-83-41-38-80-44-60-88-50-17-11-5/h7-65H2,1-6H3/i5D. The van der Waals surface area contributed by atoms with Crippen molar-refractivity contribution in [3.8, 4) is 0 Å². The lowest BCUT2D eigenvalue weighted by atomic mass is 10.2. The predicted molar refractivity (Wildman–Crippen MR) is 413 cm³/mol. The summed E-state index contributed by atoms with van der Waals surface area (Å²) in [5, 5.41) is 0. The molecule has 0 aliphatic carbocycles. The van der Waals surface area contributed by atoms with Crippen LogP contribution in [0.1, 0.15) is 165 Å². The van der Waals surface area contributed by atoms with Crippen molar-refractivity contribution in [1.82, 2.24) is 19.6 Å². The van der Waals surface area contributed by atoms with Crippen LogP contribution in [0.2, 0.25) is 0 Å². The Hall–Kier alpha value is 0.360. The lowest BCUT2D eigenvalue weighted by Crippen LogP contribution is -2.35. The lowest BCUT2D eigenvalue weighted by molar-refractivity contribution is -0.132. The molecule has 0 saturated heterocycles.